The Bertz CT molecular complexity index is 661. The van der Waals surface area contributed by atoms with E-state index in [4.69, 9.17) is 4.74 Å². The number of hydrogen-bond acceptors (Lipinski definition) is 4. The summed E-state index contributed by atoms with van der Waals surface area (Å²) in [6, 6.07) is 12.2. The Morgan fingerprint density at radius 2 is 2.00 bits per heavy atom. The van der Waals surface area contributed by atoms with E-state index < -0.39 is 0 Å². The Hall–Kier alpha value is -1.85. The molecule has 0 radical (unpaired) electrons. The minimum absolute atomic E-state index is 0.0343. The zero-order valence-electron chi connectivity index (χ0n) is 13.8. The number of amides is 1. The third-order valence-electron chi connectivity index (χ3n) is 4.09. The lowest BCUT2D eigenvalue weighted by atomic mass is 9.95. The minimum Gasteiger partial charge on any atom is -0.371 e. The Morgan fingerprint density at radius 1 is 1.25 bits per heavy atom. The average Bonchev–Trinajstić information content (AvgIpc) is 2.62. The lowest BCUT2D eigenvalue weighted by molar-refractivity contribution is -0.121. The molecule has 1 aromatic heterocycles. The summed E-state index contributed by atoms with van der Waals surface area (Å²) in [5.41, 5.74) is 2.36. The van der Waals surface area contributed by atoms with E-state index in [1.807, 2.05) is 12.1 Å². The van der Waals surface area contributed by atoms with E-state index >= 15 is 0 Å². The molecule has 3 rings (SSSR count). The molecular formula is C19H22N2O2S. The summed E-state index contributed by atoms with van der Waals surface area (Å²) in [6.07, 6.45) is 5.34. The molecule has 2 heterocycles. The van der Waals surface area contributed by atoms with Crippen LogP contribution in [0.25, 0.3) is 0 Å². The molecule has 4 nitrogen and oxygen atoms in total. The van der Waals surface area contributed by atoms with Crippen molar-refractivity contribution in [2.75, 3.05) is 12.4 Å². The van der Waals surface area contributed by atoms with Crippen molar-refractivity contribution >= 4 is 17.7 Å². The van der Waals surface area contributed by atoms with Gasteiger partial charge in [0.2, 0.25) is 5.91 Å². The monoisotopic (exact) mass is 342 g/mol. The van der Waals surface area contributed by atoms with Crippen LogP contribution in [0.1, 0.15) is 30.1 Å². The zero-order chi connectivity index (χ0) is 16.8. The number of carbonyl (C=O) groups is 1. The number of nitrogens with one attached hydrogen (secondary N) is 1. The van der Waals surface area contributed by atoms with E-state index in [0.29, 0.717) is 5.75 Å². The summed E-state index contributed by atoms with van der Waals surface area (Å²) in [4.78, 5) is 17.3. The van der Waals surface area contributed by atoms with Gasteiger partial charge in [0.1, 0.15) is 6.10 Å². The van der Waals surface area contributed by atoms with Gasteiger partial charge in [0.05, 0.1) is 11.8 Å². The van der Waals surface area contributed by atoms with Crippen LogP contribution < -0.4 is 5.32 Å². The Morgan fingerprint density at radius 3 is 2.75 bits per heavy atom. The summed E-state index contributed by atoms with van der Waals surface area (Å²) < 4.78 is 5.95. The summed E-state index contributed by atoms with van der Waals surface area (Å²) in [5, 5.41) is 3.15. The second-order valence-corrected chi connectivity index (χ2v) is 7.04. The standard InChI is InChI=1S/C19H22N2O2S/c1-14-4-6-15(7-5-14)19-17(3-2-12-23-19)21-18(22)13-24-16-8-10-20-11-9-16/h4-11,17,19H,2-3,12-13H2,1H3,(H,21,22)/t17-,19-/m1/s1. The van der Waals surface area contributed by atoms with Crippen molar-refractivity contribution in [2.24, 2.45) is 0 Å². The fourth-order valence-electron chi connectivity index (χ4n) is 2.85. The molecule has 1 amide bonds. The SMILES string of the molecule is Cc1ccc([C@H]2OCCC[C@H]2NC(=O)CSc2ccncc2)cc1. The van der Waals surface area contributed by atoms with Gasteiger partial charge in [-0.15, -0.1) is 11.8 Å². The van der Waals surface area contributed by atoms with Gasteiger partial charge in [-0.2, -0.15) is 0 Å². The zero-order valence-corrected chi connectivity index (χ0v) is 14.6. The van der Waals surface area contributed by atoms with Crippen LogP contribution in [-0.4, -0.2) is 29.3 Å². The lowest BCUT2D eigenvalue weighted by Gasteiger charge is -2.32. The van der Waals surface area contributed by atoms with E-state index in [2.05, 4.69) is 41.5 Å². The van der Waals surface area contributed by atoms with Gasteiger partial charge in [0, 0.05) is 23.9 Å². The molecule has 0 bridgehead atoms. The highest BCUT2D eigenvalue weighted by Gasteiger charge is 2.28. The topological polar surface area (TPSA) is 51.2 Å². The predicted molar refractivity (Wildman–Crippen MR) is 96.0 cm³/mol. The van der Waals surface area contributed by atoms with Crippen LogP contribution in [0, 0.1) is 6.92 Å². The van der Waals surface area contributed by atoms with Crippen LogP contribution in [0.3, 0.4) is 0 Å². The fraction of sp³-hybridized carbons (Fsp3) is 0.368. The van der Waals surface area contributed by atoms with Crippen LogP contribution in [0.5, 0.6) is 0 Å². The van der Waals surface area contributed by atoms with Gasteiger partial charge in [-0.25, -0.2) is 0 Å². The van der Waals surface area contributed by atoms with Gasteiger partial charge in [-0.3, -0.25) is 9.78 Å². The Kier molecular flexibility index (Phi) is 5.88. The van der Waals surface area contributed by atoms with Crippen molar-refractivity contribution in [1.29, 1.82) is 0 Å². The molecule has 2 aromatic rings. The molecule has 0 saturated carbocycles. The van der Waals surface area contributed by atoms with Crippen LogP contribution in [0.15, 0.2) is 53.7 Å². The third-order valence-corrected chi connectivity index (χ3v) is 5.11. The molecule has 24 heavy (non-hydrogen) atoms. The molecule has 1 fully saturated rings. The van der Waals surface area contributed by atoms with Gasteiger partial charge >= 0.3 is 0 Å². The average molecular weight is 342 g/mol. The van der Waals surface area contributed by atoms with Crippen molar-refractivity contribution in [2.45, 2.75) is 36.8 Å². The maximum Gasteiger partial charge on any atom is 0.230 e. The first-order valence-electron chi connectivity index (χ1n) is 8.23. The van der Waals surface area contributed by atoms with Crippen LogP contribution in [0.2, 0.25) is 0 Å². The van der Waals surface area contributed by atoms with E-state index in [9.17, 15) is 4.79 Å². The molecule has 5 heteroatoms. The Balaban J connectivity index is 1.59. The second-order valence-electron chi connectivity index (χ2n) is 5.99. The smallest absolute Gasteiger partial charge is 0.230 e. The Labute approximate surface area is 147 Å². The molecule has 1 aliphatic heterocycles. The maximum atomic E-state index is 12.3. The number of nitrogens with zero attached hydrogens (tertiary/aromatic N) is 1. The number of aromatic nitrogens is 1. The lowest BCUT2D eigenvalue weighted by Crippen LogP contribution is -2.43. The number of pyridine rings is 1. The van der Waals surface area contributed by atoms with Gasteiger partial charge in [0.15, 0.2) is 0 Å². The molecule has 0 spiro atoms. The van der Waals surface area contributed by atoms with Crippen molar-refractivity contribution in [3.63, 3.8) is 0 Å². The van der Waals surface area contributed by atoms with Crippen LogP contribution in [0.4, 0.5) is 0 Å². The fourth-order valence-corrected chi connectivity index (χ4v) is 3.54. The van der Waals surface area contributed by atoms with Gasteiger partial charge in [-0.1, -0.05) is 29.8 Å². The molecule has 1 saturated heterocycles. The quantitative estimate of drug-likeness (QED) is 0.845. The first-order chi connectivity index (χ1) is 11.7. The molecule has 1 aliphatic rings. The first-order valence-corrected chi connectivity index (χ1v) is 9.21. The summed E-state index contributed by atoms with van der Waals surface area (Å²) in [5.74, 6) is 0.450. The van der Waals surface area contributed by atoms with E-state index in [-0.39, 0.29) is 18.1 Å². The summed E-state index contributed by atoms with van der Waals surface area (Å²) >= 11 is 1.52. The molecule has 1 N–H and O–H groups in total. The van der Waals surface area contributed by atoms with E-state index in [0.717, 1.165) is 29.9 Å². The highest BCUT2D eigenvalue weighted by molar-refractivity contribution is 8.00. The van der Waals surface area contributed by atoms with E-state index in [1.54, 1.807) is 12.4 Å². The molecule has 2 atom stereocenters. The highest BCUT2D eigenvalue weighted by Crippen LogP contribution is 2.29. The van der Waals surface area contributed by atoms with Crippen molar-refractivity contribution < 1.29 is 9.53 Å². The van der Waals surface area contributed by atoms with Gasteiger partial charge in [0.25, 0.3) is 0 Å². The molecule has 126 valence electrons. The summed E-state index contributed by atoms with van der Waals surface area (Å²) in [7, 11) is 0. The van der Waals surface area contributed by atoms with Crippen molar-refractivity contribution in [3.8, 4) is 0 Å². The number of hydrogen-bond donors (Lipinski definition) is 1. The van der Waals surface area contributed by atoms with Crippen LogP contribution >= 0.6 is 11.8 Å². The number of benzene rings is 1. The number of carbonyl (C=O) groups excluding carboxylic acids is 1. The number of ether oxygens (including phenoxy) is 1. The third kappa shape index (κ3) is 4.58. The first kappa shape index (κ1) is 17.0. The van der Waals surface area contributed by atoms with Crippen molar-refractivity contribution in [3.05, 3.63) is 59.9 Å². The molecule has 1 aromatic carbocycles. The summed E-state index contributed by atoms with van der Waals surface area (Å²) in [6.45, 7) is 2.82. The molecular weight excluding hydrogens is 320 g/mol. The second kappa shape index (κ2) is 8.31. The molecule has 0 aliphatic carbocycles. The largest absolute Gasteiger partial charge is 0.371 e. The number of rotatable bonds is 5. The van der Waals surface area contributed by atoms with Crippen LogP contribution in [-0.2, 0) is 9.53 Å². The number of aryl methyl sites for hydroxylation is 1. The van der Waals surface area contributed by atoms with Gasteiger partial charge < -0.3 is 10.1 Å². The van der Waals surface area contributed by atoms with Gasteiger partial charge in [-0.05, 0) is 37.5 Å². The predicted octanol–water partition coefficient (Wildman–Crippen LogP) is 3.52. The van der Waals surface area contributed by atoms with Crippen molar-refractivity contribution in [1.82, 2.24) is 10.3 Å². The minimum atomic E-state index is -0.0609. The number of thioether (sulfide) groups is 1. The van der Waals surface area contributed by atoms with E-state index in [1.165, 1.54) is 17.3 Å². The molecule has 0 unspecified atom stereocenters. The normalized spacial score (nSPS) is 20.5. The highest BCUT2D eigenvalue weighted by atomic mass is 32.2. The maximum absolute atomic E-state index is 12.3.